The van der Waals surface area contributed by atoms with Gasteiger partial charge in [-0.2, -0.15) is 0 Å². The lowest BCUT2D eigenvalue weighted by Crippen LogP contribution is -2.18. The predicted molar refractivity (Wildman–Crippen MR) is 236 cm³/mol. The van der Waals surface area contributed by atoms with Crippen LogP contribution in [0.3, 0.4) is 0 Å². The van der Waals surface area contributed by atoms with E-state index < -0.39 is 5.97 Å². The molecule has 0 rings (SSSR count). The molecule has 0 bridgehead atoms. The SMILES string of the molecule is CCCCCCC/C=C\C/C=C\CCCCCCCCCCCCCC(=O)OC(CCC/C=C\CCCCCCCCCC)CCCCCCCC(=O)O. The van der Waals surface area contributed by atoms with Gasteiger partial charge < -0.3 is 9.84 Å². The Morgan fingerprint density at radius 1 is 0.407 bits per heavy atom. The van der Waals surface area contributed by atoms with Crippen LogP contribution in [0.15, 0.2) is 36.5 Å². The molecule has 0 aliphatic heterocycles. The number of carboxylic acids is 1. The van der Waals surface area contributed by atoms with Crippen molar-refractivity contribution in [2.75, 3.05) is 0 Å². The number of hydrogen-bond acceptors (Lipinski definition) is 3. The Morgan fingerprint density at radius 3 is 1.19 bits per heavy atom. The Kier molecular flexibility index (Phi) is 44.0. The number of carboxylic acid groups (broad SMARTS) is 1. The summed E-state index contributed by atoms with van der Waals surface area (Å²) in [7, 11) is 0. The number of aliphatic carboxylic acids is 1. The number of carbonyl (C=O) groups is 2. The lowest BCUT2D eigenvalue weighted by Gasteiger charge is -2.18. The van der Waals surface area contributed by atoms with Crippen LogP contribution in [0.1, 0.15) is 264 Å². The standard InChI is InChI=1S/C50H92O4/c1-3-5-7-9-11-13-15-17-18-19-20-21-22-23-24-25-26-28-30-32-34-39-43-47-50(53)54-48(45-41-37-35-38-42-46-49(51)52)44-40-36-33-31-29-27-16-14-12-10-8-6-4-2/h15,17,19-20,31,33,48H,3-14,16,18,21-30,32,34-47H2,1-2H3,(H,51,52)/b17-15-,20-19-,33-31-. The zero-order valence-corrected chi connectivity index (χ0v) is 36.3. The van der Waals surface area contributed by atoms with Crippen molar-refractivity contribution in [3.8, 4) is 0 Å². The summed E-state index contributed by atoms with van der Waals surface area (Å²) in [6.45, 7) is 4.55. The molecular weight excluding hydrogens is 665 g/mol. The minimum absolute atomic E-state index is 0.0116. The smallest absolute Gasteiger partial charge is 0.306 e. The second-order valence-corrected chi connectivity index (χ2v) is 16.3. The van der Waals surface area contributed by atoms with Crippen molar-refractivity contribution in [2.24, 2.45) is 0 Å². The molecule has 0 aliphatic carbocycles. The molecule has 0 spiro atoms. The van der Waals surface area contributed by atoms with Crippen molar-refractivity contribution in [3.63, 3.8) is 0 Å². The lowest BCUT2D eigenvalue weighted by atomic mass is 10.0. The minimum atomic E-state index is -0.702. The molecule has 1 unspecified atom stereocenters. The molecular formula is C50H92O4. The van der Waals surface area contributed by atoms with E-state index in [-0.39, 0.29) is 18.5 Å². The highest BCUT2D eigenvalue weighted by Gasteiger charge is 2.14. The van der Waals surface area contributed by atoms with Crippen molar-refractivity contribution in [3.05, 3.63) is 36.5 Å². The summed E-state index contributed by atoms with van der Waals surface area (Å²) in [5.74, 6) is -0.714. The maximum absolute atomic E-state index is 12.7. The van der Waals surface area contributed by atoms with Gasteiger partial charge in [-0.3, -0.25) is 9.59 Å². The van der Waals surface area contributed by atoms with Crippen molar-refractivity contribution >= 4 is 11.9 Å². The van der Waals surface area contributed by atoms with Gasteiger partial charge in [0.2, 0.25) is 0 Å². The predicted octanol–water partition coefficient (Wildman–Crippen LogP) is 16.9. The van der Waals surface area contributed by atoms with Crippen LogP contribution in [0.2, 0.25) is 0 Å². The van der Waals surface area contributed by atoms with Gasteiger partial charge in [0.25, 0.3) is 0 Å². The number of ether oxygens (including phenoxy) is 1. The molecule has 0 heterocycles. The Labute approximate surface area is 337 Å². The largest absolute Gasteiger partial charge is 0.481 e. The minimum Gasteiger partial charge on any atom is -0.481 e. The van der Waals surface area contributed by atoms with Gasteiger partial charge in [0.05, 0.1) is 0 Å². The summed E-state index contributed by atoms with van der Waals surface area (Å²) in [6, 6.07) is 0. The van der Waals surface area contributed by atoms with Gasteiger partial charge in [-0.05, 0) is 89.9 Å². The third kappa shape index (κ3) is 44.6. The first kappa shape index (κ1) is 52.2. The molecule has 54 heavy (non-hydrogen) atoms. The monoisotopic (exact) mass is 757 g/mol. The van der Waals surface area contributed by atoms with E-state index in [2.05, 4.69) is 50.3 Å². The summed E-state index contributed by atoms with van der Waals surface area (Å²) in [6.07, 6.45) is 60.5. The van der Waals surface area contributed by atoms with Crippen LogP contribution in [0.25, 0.3) is 0 Å². The zero-order valence-electron chi connectivity index (χ0n) is 36.3. The number of esters is 1. The van der Waals surface area contributed by atoms with E-state index in [0.29, 0.717) is 6.42 Å². The Balaban J connectivity index is 3.93. The summed E-state index contributed by atoms with van der Waals surface area (Å²) in [5, 5.41) is 8.85. The summed E-state index contributed by atoms with van der Waals surface area (Å²) >= 11 is 0. The van der Waals surface area contributed by atoms with Crippen LogP contribution in [0.5, 0.6) is 0 Å². The molecule has 0 aromatic rings. The van der Waals surface area contributed by atoms with E-state index in [1.807, 2.05) is 0 Å². The van der Waals surface area contributed by atoms with E-state index in [1.165, 1.54) is 161 Å². The number of carbonyl (C=O) groups excluding carboxylic acids is 1. The highest BCUT2D eigenvalue weighted by molar-refractivity contribution is 5.69. The molecule has 0 radical (unpaired) electrons. The molecule has 0 aliphatic rings. The second-order valence-electron chi connectivity index (χ2n) is 16.3. The summed E-state index contributed by atoms with van der Waals surface area (Å²) < 4.78 is 6.02. The topological polar surface area (TPSA) is 63.6 Å². The van der Waals surface area contributed by atoms with Gasteiger partial charge in [0, 0.05) is 12.8 Å². The number of allylic oxidation sites excluding steroid dienone is 6. The average Bonchev–Trinajstić information content (AvgIpc) is 3.16. The van der Waals surface area contributed by atoms with Gasteiger partial charge in [0.15, 0.2) is 0 Å². The van der Waals surface area contributed by atoms with Gasteiger partial charge in [-0.1, -0.05) is 198 Å². The van der Waals surface area contributed by atoms with Crippen molar-refractivity contribution in [2.45, 2.75) is 270 Å². The molecule has 4 heteroatoms. The highest BCUT2D eigenvalue weighted by Crippen LogP contribution is 2.18. The highest BCUT2D eigenvalue weighted by atomic mass is 16.5. The maximum atomic E-state index is 12.7. The zero-order chi connectivity index (χ0) is 39.3. The van der Waals surface area contributed by atoms with Crippen LogP contribution >= 0.6 is 0 Å². The van der Waals surface area contributed by atoms with Crippen LogP contribution in [-0.2, 0) is 14.3 Å². The molecule has 0 aromatic carbocycles. The molecule has 0 saturated heterocycles. The normalized spacial score (nSPS) is 12.5. The molecule has 0 amide bonds. The summed E-state index contributed by atoms with van der Waals surface area (Å²) in [5.41, 5.74) is 0. The average molecular weight is 757 g/mol. The lowest BCUT2D eigenvalue weighted by molar-refractivity contribution is -0.150. The summed E-state index contributed by atoms with van der Waals surface area (Å²) in [4.78, 5) is 23.5. The van der Waals surface area contributed by atoms with Crippen LogP contribution in [0.4, 0.5) is 0 Å². The fourth-order valence-electron chi connectivity index (χ4n) is 7.28. The van der Waals surface area contributed by atoms with Crippen molar-refractivity contribution in [1.29, 1.82) is 0 Å². The number of hydrogen-bond donors (Lipinski definition) is 1. The van der Waals surface area contributed by atoms with Crippen LogP contribution in [0, 0.1) is 0 Å². The molecule has 4 nitrogen and oxygen atoms in total. The Hall–Kier alpha value is -1.84. The molecule has 1 N–H and O–H groups in total. The van der Waals surface area contributed by atoms with Gasteiger partial charge >= 0.3 is 11.9 Å². The molecule has 0 fully saturated rings. The third-order valence-electron chi connectivity index (χ3n) is 10.8. The first-order valence-electron chi connectivity index (χ1n) is 24.0. The Bertz CT molecular complexity index is 859. The quantitative estimate of drug-likeness (QED) is 0.0382. The van der Waals surface area contributed by atoms with E-state index in [1.54, 1.807) is 0 Å². The molecule has 316 valence electrons. The molecule has 1 atom stereocenters. The van der Waals surface area contributed by atoms with Crippen LogP contribution in [-0.4, -0.2) is 23.1 Å². The van der Waals surface area contributed by atoms with Gasteiger partial charge in [0.1, 0.15) is 6.10 Å². The molecule has 0 aromatic heterocycles. The first-order chi connectivity index (χ1) is 26.6. The van der Waals surface area contributed by atoms with Gasteiger partial charge in [-0.25, -0.2) is 0 Å². The van der Waals surface area contributed by atoms with E-state index >= 15 is 0 Å². The fraction of sp³-hybridized carbons (Fsp3) is 0.840. The maximum Gasteiger partial charge on any atom is 0.306 e. The third-order valence-corrected chi connectivity index (χ3v) is 10.8. The van der Waals surface area contributed by atoms with E-state index in [0.717, 1.165) is 77.0 Å². The van der Waals surface area contributed by atoms with Gasteiger partial charge in [-0.15, -0.1) is 0 Å². The Morgan fingerprint density at radius 2 is 0.741 bits per heavy atom. The van der Waals surface area contributed by atoms with Crippen molar-refractivity contribution in [1.82, 2.24) is 0 Å². The van der Waals surface area contributed by atoms with Crippen molar-refractivity contribution < 1.29 is 19.4 Å². The second kappa shape index (κ2) is 45.5. The number of unbranched alkanes of at least 4 members (excludes halogenated alkanes) is 29. The fourth-order valence-corrected chi connectivity index (χ4v) is 7.28. The van der Waals surface area contributed by atoms with E-state index in [4.69, 9.17) is 9.84 Å². The molecule has 0 saturated carbocycles. The first-order valence-corrected chi connectivity index (χ1v) is 24.0. The van der Waals surface area contributed by atoms with E-state index in [9.17, 15) is 9.59 Å². The van der Waals surface area contributed by atoms with Crippen LogP contribution < -0.4 is 0 Å². The number of rotatable bonds is 44.